The molecule has 0 atom stereocenters. The summed E-state index contributed by atoms with van der Waals surface area (Å²) < 4.78 is 1.91. The summed E-state index contributed by atoms with van der Waals surface area (Å²) in [5.74, 6) is 1.41. The molecule has 0 saturated carbocycles. The molecule has 5 heteroatoms. The topological polar surface area (TPSA) is 70.6 Å². The zero-order valence-corrected chi connectivity index (χ0v) is 8.01. The Kier molecular flexibility index (Phi) is 1.58. The van der Waals surface area contributed by atoms with E-state index in [0.717, 1.165) is 17.9 Å². The van der Waals surface area contributed by atoms with Crippen molar-refractivity contribution in [3.05, 3.63) is 41.7 Å². The number of nitrogens with zero attached hydrogens (tertiary/aromatic N) is 3. The molecule has 0 unspecified atom stereocenters. The number of aromatic amines is 1. The van der Waals surface area contributed by atoms with Gasteiger partial charge < -0.3 is 5.73 Å². The van der Waals surface area contributed by atoms with Crippen LogP contribution in [0.3, 0.4) is 0 Å². The predicted molar refractivity (Wildman–Crippen MR) is 54.7 cm³/mol. The van der Waals surface area contributed by atoms with Crippen molar-refractivity contribution in [1.82, 2.24) is 15.2 Å². The van der Waals surface area contributed by atoms with E-state index in [1.54, 1.807) is 0 Å². The molecule has 0 fully saturated rings. The van der Waals surface area contributed by atoms with E-state index in [1.807, 2.05) is 22.8 Å². The number of benzene rings is 1. The van der Waals surface area contributed by atoms with Gasteiger partial charge >= 0.3 is 5.95 Å². The van der Waals surface area contributed by atoms with Crippen LogP contribution in [0.15, 0.2) is 30.6 Å². The minimum Gasteiger partial charge on any atom is -0.334 e. The highest BCUT2D eigenvalue weighted by molar-refractivity contribution is 5.96. The molecule has 2 aromatic rings. The Labute approximate surface area is 86.3 Å². The van der Waals surface area contributed by atoms with Crippen molar-refractivity contribution < 1.29 is 4.58 Å². The Morgan fingerprint density at radius 1 is 1.33 bits per heavy atom. The number of hydrogen-bond acceptors (Lipinski definition) is 3. The van der Waals surface area contributed by atoms with E-state index in [9.17, 15) is 0 Å². The lowest BCUT2D eigenvalue weighted by Crippen LogP contribution is -2.20. The van der Waals surface area contributed by atoms with Crippen LogP contribution in [0.2, 0.25) is 0 Å². The first-order chi connectivity index (χ1) is 7.36. The van der Waals surface area contributed by atoms with E-state index in [4.69, 9.17) is 5.73 Å². The highest BCUT2D eigenvalue weighted by atomic mass is 15.3. The molecule has 2 heterocycles. The van der Waals surface area contributed by atoms with Crippen LogP contribution in [0.4, 0.5) is 5.95 Å². The second-order valence-electron chi connectivity index (χ2n) is 3.44. The third-order valence-electron chi connectivity index (χ3n) is 2.57. The molecule has 0 amide bonds. The van der Waals surface area contributed by atoms with Gasteiger partial charge in [-0.25, -0.2) is 4.58 Å². The van der Waals surface area contributed by atoms with Gasteiger partial charge in [0.2, 0.25) is 12.2 Å². The van der Waals surface area contributed by atoms with Crippen LogP contribution in [0, 0.1) is 0 Å². The average molecular weight is 200 g/mol. The molecule has 0 bridgehead atoms. The van der Waals surface area contributed by atoms with Gasteiger partial charge in [-0.15, -0.1) is 5.10 Å². The number of aromatic nitrogens is 3. The van der Waals surface area contributed by atoms with Crippen LogP contribution in [0.5, 0.6) is 0 Å². The van der Waals surface area contributed by atoms with Gasteiger partial charge in [-0.2, -0.15) is 5.10 Å². The molecular formula is C10H10N5+. The second-order valence-corrected chi connectivity index (χ2v) is 3.44. The Morgan fingerprint density at radius 2 is 2.20 bits per heavy atom. The quantitative estimate of drug-likeness (QED) is 0.653. The number of hydrogen-bond donors (Lipinski definition) is 2. The standard InChI is InChI=1S/C10H9N5/c11-9-8-4-2-1-3-7(8)5-15(9)10-12-6-13-14-10/h1-4,6,11H,5H2,(H,12,13,14)/p+1. The summed E-state index contributed by atoms with van der Waals surface area (Å²) in [6, 6.07) is 8.07. The van der Waals surface area contributed by atoms with Gasteiger partial charge in [-0.05, 0) is 11.6 Å². The Hall–Kier alpha value is -2.17. The molecule has 0 aliphatic carbocycles. The number of fused-ring (bicyclic) bond motifs is 1. The number of nitrogens with one attached hydrogen (secondary N) is 1. The van der Waals surface area contributed by atoms with Crippen molar-refractivity contribution in [2.24, 2.45) is 5.73 Å². The molecule has 15 heavy (non-hydrogen) atoms. The van der Waals surface area contributed by atoms with Crippen molar-refractivity contribution in [3.63, 3.8) is 0 Å². The Morgan fingerprint density at radius 3 is 2.93 bits per heavy atom. The third-order valence-corrected chi connectivity index (χ3v) is 2.57. The number of H-pyrrole nitrogens is 1. The summed E-state index contributed by atoms with van der Waals surface area (Å²) in [6.45, 7) is 0.747. The maximum atomic E-state index is 6.04. The Bertz CT molecular complexity index is 527. The molecule has 3 rings (SSSR count). The van der Waals surface area contributed by atoms with Crippen molar-refractivity contribution in [2.45, 2.75) is 6.54 Å². The fourth-order valence-electron chi connectivity index (χ4n) is 1.83. The minimum absolute atomic E-state index is 0.684. The molecule has 0 radical (unpaired) electrons. The van der Waals surface area contributed by atoms with E-state index in [2.05, 4.69) is 21.2 Å². The molecule has 0 spiro atoms. The lowest BCUT2D eigenvalue weighted by molar-refractivity contribution is -0.461. The molecule has 5 nitrogen and oxygen atoms in total. The first kappa shape index (κ1) is 8.16. The lowest BCUT2D eigenvalue weighted by Gasteiger charge is -1.95. The second kappa shape index (κ2) is 2.91. The van der Waals surface area contributed by atoms with E-state index in [-0.39, 0.29) is 0 Å². The van der Waals surface area contributed by atoms with Crippen LogP contribution < -0.4 is 5.73 Å². The predicted octanol–water partition coefficient (Wildman–Crippen LogP) is 0.368. The largest absolute Gasteiger partial charge is 0.372 e. The van der Waals surface area contributed by atoms with E-state index in [1.165, 1.54) is 11.9 Å². The monoisotopic (exact) mass is 200 g/mol. The zero-order valence-electron chi connectivity index (χ0n) is 8.01. The average Bonchev–Trinajstić information content (AvgIpc) is 2.87. The van der Waals surface area contributed by atoms with Gasteiger partial charge in [0, 0.05) is 5.56 Å². The highest BCUT2D eigenvalue weighted by Gasteiger charge is 2.24. The third kappa shape index (κ3) is 1.13. The molecule has 1 aliphatic rings. The van der Waals surface area contributed by atoms with Gasteiger partial charge in [-0.1, -0.05) is 23.2 Å². The van der Waals surface area contributed by atoms with Crippen molar-refractivity contribution in [3.8, 4) is 0 Å². The van der Waals surface area contributed by atoms with Crippen molar-refractivity contribution in [2.75, 3.05) is 0 Å². The van der Waals surface area contributed by atoms with Crippen LogP contribution in [0.25, 0.3) is 0 Å². The van der Waals surface area contributed by atoms with Crippen LogP contribution >= 0.6 is 0 Å². The van der Waals surface area contributed by atoms with Gasteiger partial charge in [0.25, 0.3) is 0 Å². The van der Waals surface area contributed by atoms with E-state index >= 15 is 0 Å². The highest BCUT2D eigenvalue weighted by Crippen LogP contribution is 2.20. The molecule has 1 aromatic heterocycles. The summed E-state index contributed by atoms with van der Waals surface area (Å²) in [6.07, 6.45) is 1.48. The van der Waals surface area contributed by atoms with Gasteiger partial charge in [0.15, 0.2) is 0 Å². The number of amidine groups is 1. The number of rotatable bonds is 1. The van der Waals surface area contributed by atoms with E-state index < -0.39 is 0 Å². The van der Waals surface area contributed by atoms with Gasteiger partial charge in [0.05, 0.1) is 6.54 Å². The van der Waals surface area contributed by atoms with Crippen LogP contribution in [0.1, 0.15) is 11.1 Å². The minimum atomic E-state index is 0.684. The maximum Gasteiger partial charge on any atom is 0.372 e. The summed E-state index contributed by atoms with van der Waals surface area (Å²) >= 11 is 0. The van der Waals surface area contributed by atoms with Gasteiger partial charge in [-0.3, -0.25) is 0 Å². The van der Waals surface area contributed by atoms with Crippen LogP contribution in [-0.4, -0.2) is 25.6 Å². The summed E-state index contributed by atoms with van der Waals surface area (Å²) in [5.41, 5.74) is 8.33. The first-order valence-corrected chi connectivity index (χ1v) is 4.70. The summed E-state index contributed by atoms with van der Waals surface area (Å²) in [5, 5.41) is 6.63. The first-order valence-electron chi connectivity index (χ1n) is 4.70. The molecule has 0 saturated heterocycles. The van der Waals surface area contributed by atoms with Crippen molar-refractivity contribution in [1.29, 1.82) is 0 Å². The van der Waals surface area contributed by atoms with Gasteiger partial charge in [0.1, 0.15) is 0 Å². The Balaban J connectivity index is 2.13. The summed E-state index contributed by atoms with van der Waals surface area (Å²) in [4.78, 5) is 4.09. The molecular weight excluding hydrogens is 190 g/mol. The molecule has 3 N–H and O–H groups in total. The molecule has 1 aliphatic heterocycles. The SMILES string of the molecule is NC1=[N+](c2ncn[nH]2)Cc2ccccc21. The molecule has 74 valence electrons. The van der Waals surface area contributed by atoms with E-state index in [0.29, 0.717) is 5.95 Å². The smallest absolute Gasteiger partial charge is 0.334 e. The maximum absolute atomic E-state index is 6.04. The molecule has 1 aromatic carbocycles. The zero-order chi connectivity index (χ0) is 10.3. The van der Waals surface area contributed by atoms with Crippen LogP contribution in [-0.2, 0) is 6.54 Å². The lowest BCUT2D eigenvalue weighted by atomic mass is 10.1. The fourth-order valence-corrected chi connectivity index (χ4v) is 1.83. The fraction of sp³-hybridized carbons (Fsp3) is 0.100. The van der Waals surface area contributed by atoms with Crippen molar-refractivity contribution >= 4 is 11.8 Å². The number of nitrogens with two attached hydrogens (primary N) is 1. The normalized spacial score (nSPS) is 14.4. The summed E-state index contributed by atoms with van der Waals surface area (Å²) in [7, 11) is 0.